The van der Waals surface area contributed by atoms with Gasteiger partial charge in [0, 0.05) is 17.0 Å². The summed E-state index contributed by atoms with van der Waals surface area (Å²) >= 11 is 0. The van der Waals surface area contributed by atoms with Crippen LogP contribution in [0.3, 0.4) is 0 Å². The number of carboxylic acids is 1. The zero-order chi connectivity index (χ0) is 13.2. The van der Waals surface area contributed by atoms with Crippen molar-refractivity contribution in [3.63, 3.8) is 0 Å². The van der Waals surface area contributed by atoms with Crippen molar-refractivity contribution in [2.75, 3.05) is 13.7 Å². The molecule has 1 aliphatic carbocycles. The minimum atomic E-state index is -0.759. The van der Waals surface area contributed by atoms with Crippen LogP contribution in [0.25, 0.3) is 0 Å². The molecule has 1 aliphatic rings. The van der Waals surface area contributed by atoms with Gasteiger partial charge in [-0.15, -0.1) is 0 Å². The van der Waals surface area contributed by atoms with Crippen LogP contribution >= 0.6 is 0 Å². The Kier molecular flexibility index (Phi) is 3.45. The van der Waals surface area contributed by atoms with Crippen molar-refractivity contribution in [1.82, 2.24) is 0 Å². The molecule has 4 nitrogen and oxygen atoms in total. The molecule has 0 heterocycles. The van der Waals surface area contributed by atoms with Crippen LogP contribution in [-0.2, 0) is 10.2 Å². The Bertz CT molecular complexity index is 449. The second-order valence-electron chi connectivity index (χ2n) is 4.65. The van der Waals surface area contributed by atoms with Gasteiger partial charge in [-0.05, 0) is 25.8 Å². The summed E-state index contributed by atoms with van der Waals surface area (Å²) in [7, 11) is 1.61. The van der Waals surface area contributed by atoms with E-state index >= 15 is 0 Å². The number of hydrogen-bond acceptors (Lipinski definition) is 3. The molecule has 4 heteroatoms. The Balaban J connectivity index is 2.34. The monoisotopic (exact) mass is 250 g/mol. The molecule has 18 heavy (non-hydrogen) atoms. The Hall–Kier alpha value is -1.71. The van der Waals surface area contributed by atoms with E-state index in [-0.39, 0.29) is 11.8 Å². The van der Waals surface area contributed by atoms with Crippen molar-refractivity contribution < 1.29 is 19.4 Å². The highest BCUT2D eigenvalue weighted by Gasteiger charge is 2.47. The summed E-state index contributed by atoms with van der Waals surface area (Å²) in [6, 6.07) is 5.63. The van der Waals surface area contributed by atoms with Crippen LogP contribution in [0.15, 0.2) is 18.2 Å². The first kappa shape index (κ1) is 12.7. The van der Waals surface area contributed by atoms with E-state index in [2.05, 4.69) is 0 Å². The van der Waals surface area contributed by atoms with Gasteiger partial charge in [0.15, 0.2) is 0 Å². The van der Waals surface area contributed by atoms with Crippen molar-refractivity contribution in [1.29, 1.82) is 0 Å². The third kappa shape index (κ3) is 2.42. The highest BCUT2D eigenvalue weighted by atomic mass is 16.5. The molecular formula is C14H18O4. The van der Waals surface area contributed by atoms with Crippen LogP contribution in [0.4, 0.5) is 0 Å². The summed E-state index contributed by atoms with van der Waals surface area (Å²) < 4.78 is 10.8. The Morgan fingerprint density at radius 1 is 1.44 bits per heavy atom. The fourth-order valence-electron chi connectivity index (χ4n) is 2.32. The molecule has 1 N–H and O–H groups in total. The van der Waals surface area contributed by atoms with E-state index in [1.807, 2.05) is 25.1 Å². The summed E-state index contributed by atoms with van der Waals surface area (Å²) in [5, 5.41) is 9.01. The van der Waals surface area contributed by atoms with E-state index in [1.165, 1.54) is 0 Å². The van der Waals surface area contributed by atoms with Gasteiger partial charge in [-0.2, -0.15) is 0 Å². The molecule has 1 saturated carbocycles. The van der Waals surface area contributed by atoms with Gasteiger partial charge >= 0.3 is 5.97 Å². The van der Waals surface area contributed by atoms with Crippen LogP contribution in [0.5, 0.6) is 11.5 Å². The minimum Gasteiger partial charge on any atom is -0.497 e. The van der Waals surface area contributed by atoms with Crippen LogP contribution in [0.2, 0.25) is 0 Å². The molecule has 1 aromatic carbocycles. The predicted octanol–water partition coefficient (Wildman–Crippen LogP) is 2.60. The zero-order valence-electron chi connectivity index (χ0n) is 10.7. The summed E-state index contributed by atoms with van der Waals surface area (Å²) in [5.74, 6) is 0.717. The van der Waals surface area contributed by atoms with Gasteiger partial charge in [0.05, 0.1) is 20.1 Å². The van der Waals surface area contributed by atoms with Gasteiger partial charge in [-0.3, -0.25) is 4.79 Å². The fraction of sp³-hybridized carbons (Fsp3) is 0.500. The van der Waals surface area contributed by atoms with Crippen molar-refractivity contribution >= 4 is 5.97 Å². The van der Waals surface area contributed by atoms with Gasteiger partial charge < -0.3 is 14.6 Å². The number of ether oxygens (including phenoxy) is 2. The highest BCUT2D eigenvalue weighted by Crippen LogP contribution is 2.54. The first-order chi connectivity index (χ1) is 8.61. The van der Waals surface area contributed by atoms with Crippen molar-refractivity contribution in [2.24, 2.45) is 0 Å². The van der Waals surface area contributed by atoms with E-state index in [0.717, 1.165) is 29.9 Å². The molecule has 1 fully saturated rings. The van der Waals surface area contributed by atoms with Gasteiger partial charge in [0.2, 0.25) is 0 Å². The molecule has 0 amide bonds. The molecular weight excluding hydrogens is 232 g/mol. The molecule has 0 spiro atoms. The summed E-state index contributed by atoms with van der Waals surface area (Å²) in [4.78, 5) is 11.0. The number of carbonyl (C=O) groups is 1. The number of aliphatic carboxylic acids is 1. The molecule has 2 rings (SSSR count). The molecule has 0 unspecified atom stereocenters. The molecule has 98 valence electrons. The average molecular weight is 250 g/mol. The van der Waals surface area contributed by atoms with Crippen LogP contribution in [-0.4, -0.2) is 24.8 Å². The second-order valence-corrected chi connectivity index (χ2v) is 4.65. The third-order valence-corrected chi connectivity index (χ3v) is 3.40. The number of hydrogen-bond donors (Lipinski definition) is 1. The average Bonchev–Trinajstić information content (AvgIpc) is 3.09. The Morgan fingerprint density at radius 3 is 2.67 bits per heavy atom. The van der Waals surface area contributed by atoms with E-state index in [0.29, 0.717) is 6.61 Å². The standard InChI is InChI=1S/C14H18O4/c1-3-18-12-8-10(17-2)4-5-11(12)14(6-7-14)9-13(15)16/h4-5,8H,3,6-7,9H2,1-2H3,(H,15,16). The maximum absolute atomic E-state index is 11.0. The lowest BCUT2D eigenvalue weighted by Crippen LogP contribution is -2.14. The lowest BCUT2D eigenvalue weighted by molar-refractivity contribution is -0.137. The SMILES string of the molecule is CCOc1cc(OC)ccc1C1(CC(=O)O)CC1. The molecule has 0 aliphatic heterocycles. The van der Waals surface area contributed by atoms with E-state index in [9.17, 15) is 4.79 Å². The maximum atomic E-state index is 11.0. The lowest BCUT2D eigenvalue weighted by Gasteiger charge is -2.18. The Morgan fingerprint density at radius 2 is 2.17 bits per heavy atom. The molecule has 0 saturated heterocycles. The first-order valence-corrected chi connectivity index (χ1v) is 6.14. The molecule has 0 atom stereocenters. The van der Waals surface area contributed by atoms with E-state index < -0.39 is 5.97 Å². The van der Waals surface area contributed by atoms with Gasteiger partial charge in [-0.1, -0.05) is 6.07 Å². The van der Waals surface area contributed by atoms with E-state index in [4.69, 9.17) is 14.6 Å². The quantitative estimate of drug-likeness (QED) is 0.843. The summed E-state index contributed by atoms with van der Waals surface area (Å²) in [5.41, 5.74) is 0.760. The Labute approximate surface area is 107 Å². The van der Waals surface area contributed by atoms with Gasteiger partial charge in [0.25, 0.3) is 0 Å². The third-order valence-electron chi connectivity index (χ3n) is 3.40. The molecule has 1 aromatic rings. The number of rotatable bonds is 6. The smallest absolute Gasteiger partial charge is 0.304 e. The lowest BCUT2D eigenvalue weighted by atomic mass is 9.91. The zero-order valence-corrected chi connectivity index (χ0v) is 10.7. The number of benzene rings is 1. The maximum Gasteiger partial charge on any atom is 0.304 e. The first-order valence-electron chi connectivity index (χ1n) is 6.14. The molecule has 0 radical (unpaired) electrons. The van der Waals surface area contributed by atoms with Gasteiger partial charge in [0.1, 0.15) is 11.5 Å². The normalized spacial score (nSPS) is 16.1. The molecule has 0 aromatic heterocycles. The number of methoxy groups -OCH3 is 1. The van der Waals surface area contributed by atoms with Crippen molar-refractivity contribution in [3.05, 3.63) is 23.8 Å². The second kappa shape index (κ2) is 4.88. The molecule has 0 bridgehead atoms. The van der Waals surface area contributed by atoms with Gasteiger partial charge in [-0.25, -0.2) is 0 Å². The fourth-order valence-corrected chi connectivity index (χ4v) is 2.32. The predicted molar refractivity (Wildman–Crippen MR) is 67.3 cm³/mol. The highest BCUT2D eigenvalue weighted by molar-refractivity contribution is 5.70. The van der Waals surface area contributed by atoms with E-state index in [1.54, 1.807) is 7.11 Å². The van der Waals surface area contributed by atoms with Crippen molar-refractivity contribution in [3.8, 4) is 11.5 Å². The largest absolute Gasteiger partial charge is 0.497 e. The minimum absolute atomic E-state index is 0.166. The van der Waals surface area contributed by atoms with Crippen LogP contribution < -0.4 is 9.47 Å². The van der Waals surface area contributed by atoms with Crippen LogP contribution in [0.1, 0.15) is 31.7 Å². The topological polar surface area (TPSA) is 55.8 Å². The summed E-state index contributed by atoms with van der Waals surface area (Å²) in [6.07, 6.45) is 1.98. The van der Waals surface area contributed by atoms with Crippen molar-refractivity contribution in [2.45, 2.75) is 31.6 Å². The number of carboxylic acid groups (broad SMARTS) is 1. The summed E-state index contributed by atoms with van der Waals surface area (Å²) in [6.45, 7) is 2.48. The van der Waals surface area contributed by atoms with Crippen LogP contribution in [0, 0.1) is 0 Å².